The van der Waals surface area contributed by atoms with Gasteiger partial charge in [0, 0.05) is 80.1 Å². The Balaban J connectivity index is 0.923. The Morgan fingerprint density at radius 2 is 1.78 bits per heavy atom. The molecule has 3 aliphatic heterocycles. The number of methoxy groups -OCH3 is 1. The van der Waals surface area contributed by atoms with Gasteiger partial charge in [-0.3, -0.25) is 34.6 Å². The molecule has 2 saturated heterocycles. The summed E-state index contributed by atoms with van der Waals surface area (Å²) in [6.07, 6.45) is 6.96. The molecule has 3 aromatic carbocycles. The van der Waals surface area contributed by atoms with Crippen LogP contribution >= 0.6 is 23.1 Å². The molecule has 5 aromatic rings. The summed E-state index contributed by atoms with van der Waals surface area (Å²) in [4.78, 5) is 61.3. The number of nitrogens with one attached hydrogen (secondary N) is 3. The van der Waals surface area contributed by atoms with Gasteiger partial charge in [-0.15, -0.1) is 0 Å². The molecule has 0 saturated carbocycles. The first kappa shape index (κ1) is 41.2. The predicted molar refractivity (Wildman–Crippen MR) is 232 cm³/mol. The number of piperidine rings is 2. The number of hydrogen-bond donors (Lipinski definition) is 3. The van der Waals surface area contributed by atoms with Gasteiger partial charge in [0.15, 0.2) is 0 Å². The van der Waals surface area contributed by atoms with E-state index in [0.29, 0.717) is 67.4 Å². The van der Waals surface area contributed by atoms with Crippen LogP contribution in [0.25, 0.3) is 11.0 Å². The summed E-state index contributed by atoms with van der Waals surface area (Å²) in [6, 6.07) is 10.2. The number of rotatable bonds is 11. The molecule has 0 radical (unpaired) electrons. The molecule has 0 spiro atoms. The molecule has 312 valence electrons. The molecule has 3 aliphatic rings. The van der Waals surface area contributed by atoms with Crippen LogP contribution in [0.3, 0.4) is 0 Å². The minimum atomic E-state index is -2.79. The molecule has 0 bridgehead atoms. The maximum atomic E-state index is 15.5. The first-order valence-electron chi connectivity index (χ1n) is 19.6. The van der Waals surface area contributed by atoms with Gasteiger partial charge in [0.2, 0.25) is 17.8 Å². The molecule has 3 amide bonds. The fraction of sp³-hybridized carbons (Fsp3) is 0.357. The molecular weight excluding hydrogens is 854 g/mol. The van der Waals surface area contributed by atoms with Crippen LogP contribution in [0.15, 0.2) is 59.5 Å². The van der Waals surface area contributed by atoms with Gasteiger partial charge in [-0.2, -0.15) is 4.98 Å². The molecule has 1 unspecified atom stereocenters. The smallest absolute Gasteiger partial charge is 0.255 e. The van der Waals surface area contributed by atoms with E-state index in [-0.39, 0.29) is 42.8 Å². The van der Waals surface area contributed by atoms with Crippen molar-refractivity contribution in [3.8, 4) is 5.75 Å². The number of fused-ring (bicyclic) bond motifs is 2. The van der Waals surface area contributed by atoms with E-state index in [1.54, 1.807) is 45.1 Å². The van der Waals surface area contributed by atoms with Gasteiger partial charge in [-0.05, 0) is 104 Å². The van der Waals surface area contributed by atoms with Crippen LogP contribution in [0, 0.1) is 12.7 Å². The highest BCUT2D eigenvalue weighted by Gasteiger charge is 2.40. The highest BCUT2D eigenvalue weighted by molar-refractivity contribution is 9.10. The van der Waals surface area contributed by atoms with E-state index in [1.165, 1.54) is 11.0 Å². The number of aromatic nitrogens is 4. The lowest BCUT2D eigenvalue weighted by molar-refractivity contribution is -0.136. The molecule has 15 nitrogen and oxygen atoms in total. The third-order valence-corrected chi connectivity index (χ3v) is 13.6. The van der Waals surface area contributed by atoms with E-state index >= 15 is 4.39 Å². The van der Waals surface area contributed by atoms with Crippen molar-refractivity contribution in [1.29, 1.82) is 0 Å². The van der Waals surface area contributed by atoms with Crippen LogP contribution in [0.2, 0.25) is 0 Å². The molecule has 3 N–H and O–H groups in total. The van der Waals surface area contributed by atoms with Crippen molar-refractivity contribution in [3.63, 3.8) is 0 Å². The number of benzene rings is 3. The zero-order valence-corrected chi connectivity index (χ0v) is 36.4. The second-order valence-electron chi connectivity index (χ2n) is 15.8. The molecule has 2 fully saturated rings. The number of carbonyl (C=O) groups excluding carboxylic acids is 3. The minimum absolute atomic E-state index is 0.161. The van der Waals surface area contributed by atoms with Crippen molar-refractivity contribution < 1.29 is 28.1 Å². The Labute approximate surface area is 355 Å². The van der Waals surface area contributed by atoms with Crippen LogP contribution in [0.4, 0.5) is 33.2 Å². The first-order valence-corrected chi connectivity index (χ1v) is 23.0. The highest BCUT2D eigenvalue weighted by Crippen LogP contribution is 2.42. The van der Waals surface area contributed by atoms with Crippen molar-refractivity contribution in [2.24, 2.45) is 0 Å². The topological polar surface area (TPSA) is 175 Å². The monoisotopic (exact) mass is 898 g/mol. The largest absolute Gasteiger partial charge is 0.494 e. The SMILES string of the molecule is COc1cc(N2CCC(N(C)Cc3cc4c(cc3F)C(=O)N(C3CCC(=O)NC3=O)C4)CC2)c(C)cc1Nc1ncc(Br)c(Nc2ccc3nccnc3c2P(C)(C)=O)n1. The van der Waals surface area contributed by atoms with Crippen molar-refractivity contribution >= 4 is 86.0 Å². The van der Waals surface area contributed by atoms with Crippen LogP contribution in [0.5, 0.6) is 5.75 Å². The Morgan fingerprint density at radius 1 is 1.02 bits per heavy atom. The summed E-state index contributed by atoms with van der Waals surface area (Å²) < 4.78 is 35.4. The number of imide groups is 1. The summed E-state index contributed by atoms with van der Waals surface area (Å²) in [6.45, 7) is 7.59. The molecular formula is C42H45BrFN10O5P. The van der Waals surface area contributed by atoms with E-state index in [4.69, 9.17) is 9.72 Å². The van der Waals surface area contributed by atoms with Crippen molar-refractivity contribution in [2.75, 3.05) is 56.1 Å². The van der Waals surface area contributed by atoms with Crippen molar-refractivity contribution in [2.45, 2.75) is 57.8 Å². The van der Waals surface area contributed by atoms with Gasteiger partial charge in [-0.1, -0.05) is 0 Å². The maximum absolute atomic E-state index is 15.5. The van der Waals surface area contributed by atoms with Gasteiger partial charge in [0.25, 0.3) is 5.91 Å². The molecule has 8 rings (SSSR count). The zero-order chi connectivity index (χ0) is 42.5. The molecule has 60 heavy (non-hydrogen) atoms. The maximum Gasteiger partial charge on any atom is 0.255 e. The van der Waals surface area contributed by atoms with Crippen LogP contribution < -0.4 is 30.9 Å². The van der Waals surface area contributed by atoms with Crippen LogP contribution in [-0.4, -0.2) is 100 Å². The first-order chi connectivity index (χ1) is 28.7. The lowest BCUT2D eigenvalue weighted by atomic mass is 10.00. The van der Waals surface area contributed by atoms with Gasteiger partial charge < -0.3 is 29.7 Å². The summed E-state index contributed by atoms with van der Waals surface area (Å²) >= 11 is 3.56. The summed E-state index contributed by atoms with van der Waals surface area (Å²) in [5.74, 6) is -0.269. The fourth-order valence-corrected chi connectivity index (χ4v) is 10.1. The average molecular weight is 900 g/mol. The number of halogens is 2. The Kier molecular flexibility index (Phi) is 11.3. The second-order valence-corrected chi connectivity index (χ2v) is 19.9. The Hall–Kier alpha value is -5.51. The van der Waals surface area contributed by atoms with Gasteiger partial charge in [-0.25, -0.2) is 9.37 Å². The second kappa shape index (κ2) is 16.5. The van der Waals surface area contributed by atoms with Gasteiger partial charge >= 0.3 is 0 Å². The van der Waals surface area contributed by atoms with E-state index in [1.807, 2.05) is 38.2 Å². The fourth-order valence-electron chi connectivity index (χ4n) is 8.42. The van der Waals surface area contributed by atoms with Crippen molar-refractivity contribution in [1.82, 2.24) is 35.1 Å². The number of amides is 3. The highest BCUT2D eigenvalue weighted by atomic mass is 79.9. The van der Waals surface area contributed by atoms with Gasteiger partial charge in [0.05, 0.1) is 33.8 Å². The lowest BCUT2D eigenvalue weighted by Crippen LogP contribution is -2.52. The summed E-state index contributed by atoms with van der Waals surface area (Å²) in [7, 11) is 0.821. The standard InChI is InChI=1S/C42H45BrFN10O5P/c1-23-16-32(49-42-47-20-28(43)39(51-42)48-31-7-6-30-37(46-13-12-45-30)38(31)60(4,5)58)35(59-3)19-34(23)53-14-10-26(11-15-53)52(2)21-25-17-24-22-54(41(57)27(24)18-29(25)44)33-8-9-36(55)50-40(33)56/h6-7,12-13,16-20,26,33H,8-11,14-15,21-22H2,1-5H3,(H,50,55,56)(H2,47,48,49,51). The van der Waals surface area contributed by atoms with Crippen LogP contribution in [-0.2, 0) is 27.2 Å². The average Bonchev–Trinajstić information content (AvgIpc) is 3.52. The van der Waals surface area contributed by atoms with Crippen molar-refractivity contribution in [3.05, 3.63) is 87.5 Å². The van der Waals surface area contributed by atoms with E-state index < -0.39 is 24.9 Å². The number of hydrogen-bond acceptors (Lipinski definition) is 13. The molecule has 2 aromatic heterocycles. The summed E-state index contributed by atoms with van der Waals surface area (Å²) in [5.41, 5.74) is 6.06. The minimum Gasteiger partial charge on any atom is -0.494 e. The van der Waals surface area contributed by atoms with Gasteiger partial charge in [0.1, 0.15) is 36.1 Å². The number of nitrogens with zero attached hydrogens (tertiary/aromatic N) is 7. The van der Waals surface area contributed by atoms with E-state index in [2.05, 4.69) is 56.6 Å². The molecule has 18 heteroatoms. The quantitative estimate of drug-likeness (QED) is 0.101. The Morgan fingerprint density at radius 3 is 2.52 bits per heavy atom. The number of ether oxygens (including phenoxy) is 1. The number of carbonyl (C=O) groups is 3. The zero-order valence-electron chi connectivity index (χ0n) is 33.9. The predicted octanol–water partition coefficient (Wildman–Crippen LogP) is 6.24. The third-order valence-electron chi connectivity index (χ3n) is 11.5. The third kappa shape index (κ3) is 8.17. The summed E-state index contributed by atoms with van der Waals surface area (Å²) in [5, 5.41) is 9.56. The number of anilines is 5. The van der Waals surface area contributed by atoms with E-state index in [9.17, 15) is 18.9 Å². The molecule has 5 heterocycles. The number of aryl methyl sites for hydroxylation is 1. The van der Waals surface area contributed by atoms with Crippen LogP contribution in [0.1, 0.15) is 52.7 Å². The molecule has 0 aliphatic carbocycles. The molecule has 1 atom stereocenters. The lowest BCUT2D eigenvalue weighted by Gasteiger charge is -2.38. The normalized spacial score (nSPS) is 17.3. The van der Waals surface area contributed by atoms with E-state index in [0.717, 1.165) is 37.2 Å². The Bertz CT molecular complexity index is 2600.